The van der Waals surface area contributed by atoms with Crippen LogP contribution >= 0.6 is 11.6 Å². The average Bonchev–Trinajstić information content (AvgIpc) is 2.58. The van der Waals surface area contributed by atoms with Crippen LogP contribution in [0.3, 0.4) is 0 Å². The smallest absolute Gasteiger partial charge is 0.326 e. The van der Waals surface area contributed by atoms with E-state index >= 15 is 0 Å². The number of pyridine rings is 1. The van der Waals surface area contributed by atoms with Crippen LogP contribution in [0.25, 0.3) is 10.9 Å². The minimum Gasteiger partial charge on any atom is -0.481 e. The summed E-state index contributed by atoms with van der Waals surface area (Å²) in [6, 6.07) is 5.92. The molecule has 0 aliphatic carbocycles. The second-order valence-corrected chi connectivity index (χ2v) is 5.91. The number of aliphatic carboxylic acids is 1. The first-order chi connectivity index (χ1) is 11.4. The van der Waals surface area contributed by atoms with Gasteiger partial charge in [-0.25, -0.2) is 4.79 Å². The Morgan fingerprint density at radius 3 is 2.79 bits per heavy atom. The fourth-order valence-electron chi connectivity index (χ4n) is 2.27. The Hall–Kier alpha value is -2.34. The van der Waals surface area contributed by atoms with Gasteiger partial charge in [-0.05, 0) is 30.2 Å². The van der Waals surface area contributed by atoms with Crippen molar-refractivity contribution in [2.45, 2.75) is 26.3 Å². The van der Waals surface area contributed by atoms with Crippen molar-refractivity contribution in [1.82, 2.24) is 10.3 Å². The van der Waals surface area contributed by atoms with Crippen LogP contribution in [0.15, 0.2) is 30.5 Å². The summed E-state index contributed by atoms with van der Waals surface area (Å²) in [5, 5.41) is 12.9. The van der Waals surface area contributed by atoms with Gasteiger partial charge >= 0.3 is 5.97 Å². The highest BCUT2D eigenvalue weighted by atomic mass is 35.5. The van der Waals surface area contributed by atoms with Crippen molar-refractivity contribution in [3.05, 3.63) is 35.5 Å². The summed E-state index contributed by atoms with van der Waals surface area (Å²) in [6.45, 7) is 3.35. The Kier molecular flexibility index (Phi) is 5.98. The van der Waals surface area contributed by atoms with Gasteiger partial charge in [0.2, 0.25) is 0 Å². The van der Waals surface area contributed by atoms with Gasteiger partial charge < -0.3 is 15.2 Å². The van der Waals surface area contributed by atoms with Crippen molar-refractivity contribution in [2.75, 3.05) is 6.61 Å². The van der Waals surface area contributed by atoms with Gasteiger partial charge in [0.1, 0.15) is 17.3 Å². The molecule has 7 heteroatoms. The Balaban J connectivity index is 2.07. The van der Waals surface area contributed by atoms with Crippen LogP contribution in [0.5, 0.6) is 5.75 Å². The number of nitrogens with zero attached hydrogens (tertiary/aromatic N) is 1. The Bertz CT molecular complexity index is 750. The number of nitrogens with one attached hydrogen (secondary N) is 1. The van der Waals surface area contributed by atoms with Gasteiger partial charge in [0.25, 0.3) is 5.91 Å². The zero-order valence-corrected chi connectivity index (χ0v) is 14.2. The number of aromatic nitrogens is 1. The molecular formula is C17H19ClN2O4. The highest BCUT2D eigenvalue weighted by Gasteiger charge is 2.25. The second-order valence-electron chi connectivity index (χ2n) is 5.50. The van der Waals surface area contributed by atoms with Crippen LogP contribution in [-0.4, -0.2) is 34.6 Å². The van der Waals surface area contributed by atoms with Crippen LogP contribution in [0.1, 0.15) is 20.3 Å². The first-order valence-electron chi connectivity index (χ1n) is 7.62. The van der Waals surface area contributed by atoms with E-state index in [1.807, 2.05) is 6.92 Å². The highest BCUT2D eigenvalue weighted by molar-refractivity contribution is 6.35. The molecule has 1 heterocycles. The lowest BCUT2D eigenvalue weighted by Gasteiger charge is -2.20. The topological polar surface area (TPSA) is 88.5 Å². The van der Waals surface area contributed by atoms with Crippen LogP contribution in [0.4, 0.5) is 0 Å². The molecule has 0 spiro atoms. The lowest BCUT2D eigenvalue weighted by molar-refractivity contribution is -0.143. The molecule has 0 unspecified atom stereocenters. The van der Waals surface area contributed by atoms with Gasteiger partial charge in [-0.15, -0.1) is 0 Å². The van der Waals surface area contributed by atoms with E-state index in [0.29, 0.717) is 22.7 Å². The lowest BCUT2D eigenvalue weighted by Crippen LogP contribution is -2.46. The number of hydrogen-bond donors (Lipinski definition) is 2. The molecular weight excluding hydrogens is 332 g/mol. The first kappa shape index (κ1) is 18.0. The van der Waals surface area contributed by atoms with Gasteiger partial charge in [-0.3, -0.25) is 9.78 Å². The molecule has 24 heavy (non-hydrogen) atoms. The fraction of sp³-hybridized carbons (Fsp3) is 0.353. The van der Waals surface area contributed by atoms with Crippen molar-refractivity contribution >= 4 is 34.4 Å². The molecule has 2 aromatic rings. The minimum atomic E-state index is -1.06. The molecule has 1 aromatic carbocycles. The molecule has 1 amide bonds. The van der Waals surface area contributed by atoms with Crippen LogP contribution < -0.4 is 10.1 Å². The molecule has 1 aromatic heterocycles. The quantitative estimate of drug-likeness (QED) is 0.801. The number of carboxylic acid groups (broad SMARTS) is 1. The molecule has 0 bridgehead atoms. The normalized spacial score (nSPS) is 13.3. The minimum absolute atomic E-state index is 0.176. The van der Waals surface area contributed by atoms with E-state index in [1.165, 1.54) is 0 Å². The van der Waals surface area contributed by atoms with Crippen LogP contribution in [0.2, 0.25) is 5.02 Å². The maximum atomic E-state index is 12.0. The summed E-state index contributed by atoms with van der Waals surface area (Å²) >= 11 is 6.11. The van der Waals surface area contributed by atoms with Gasteiger partial charge in [0.05, 0.1) is 5.02 Å². The molecule has 0 aliphatic heterocycles. The number of hydrogen-bond acceptors (Lipinski definition) is 4. The monoisotopic (exact) mass is 350 g/mol. The number of carboxylic acids is 1. The van der Waals surface area contributed by atoms with Gasteiger partial charge in [0.15, 0.2) is 6.61 Å². The van der Waals surface area contributed by atoms with Gasteiger partial charge in [-0.1, -0.05) is 31.9 Å². The fourth-order valence-corrected chi connectivity index (χ4v) is 2.49. The molecule has 2 atom stereocenters. The Morgan fingerprint density at radius 2 is 2.12 bits per heavy atom. The van der Waals surface area contributed by atoms with E-state index in [1.54, 1.807) is 37.4 Å². The third-order valence-corrected chi connectivity index (χ3v) is 4.16. The zero-order chi connectivity index (χ0) is 17.7. The van der Waals surface area contributed by atoms with Crippen LogP contribution in [0, 0.1) is 5.92 Å². The molecule has 0 saturated heterocycles. The Morgan fingerprint density at radius 1 is 1.38 bits per heavy atom. The number of benzene rings is 1. The molecule has 2 rings (SSSR count). The number of carbonyl (C=O) groups excluding carboxylic acids is 1. The van der Waals surface area contributed by atoms with Gasteiger partial charge in [0, 0.05) is 11.6 Å². The van der Waals surface area contributed by atoms with Crippen molar-refractivity contribution in [3.63, 3.8) is 0 Å². The summed E-state index contributed by atoms with van der Waals surface area (Å²) in [5.41, 5.74) is 0.550. The maximum Gasteiger partial charge on any atom is 0.326 e. The largest absolute Gasteiger partial charge is 0.481 e. The number of rotatable bonds is 7. The number of carbonyl (C=O) groups is 2. The molecule has 6 nitrogen and oxygen atoms in total. The van der Waals surface area contributed by atoms with Crippen molar-refractivity contribution < 1.29 is 19.4 Å². The molecule has 0 saturated carbocycles. The number of halogens is 1. The molecule has 128 valence electrons. The van der Waals surface area contributed by atoms with Crippen molar-refractivity contribution in [2.24, 2.45) is 5.92 Å². The lowest BCUT2D eigenvalue weighted by atomic mass is 9.99. The molecule has 0 fully saturated rings. The summed E-state index contributed by atoms with van der Waals surface area (Å²) in [7, 11) is 0. The number of amides is 1. The van der Waals surface area contributed by atoms with E-state index in [-0.39, 0.29) is 12.5 Å². The molecule has 0 radical (unpaired) electrons. The molecule has 2 N–H and O–H groups in total. The van der Waals surface area contributed by atoms with E-state index in [9.17, 15) is 14.7 Å². The van der Waals surface area contributed by atoms with Crippen LogP contribution in [-0.2, 0) is 9.59 Å². The second kappa shape index (κ2) is 7.97. The van der Waals surface area contributed by atoms with Crippen molar-refractivity contribution in [3.8, 4) is 5.75 Å². The zero-order valence-electron chi connectivity index (χ0n) is 13.5. The third kappa shape index (κ3) is 4.14. The maximum absolute atomic E-state index is 12.0. The van der Waals surface area contributed by atoms with E-state index in [2.05, 4.69) is 10.3 Å². The summed E-state index contributed by atoms with van der Waals surface area (Å²) in [4.78, 5) is 27.5. The highest BCUT2D eigenvalue weighted by Crippen LogP contribution is 2.29. The predicted octanol–water partition coefficient (Wildman–Crippen LogP) is 2.88. The van der Waals surface area contributed by atoms with Gasteiger partial charge in [-0.2, -0.15) is 0 Å². The van der Waals surface area contributed by atoms with Crippen molar-refractivity contribution in [1.29, 1.82) is 0 Å². The summed E-state index contributed by atoms with van der Waals surface area (Å²) < 4.78 is 5.50. The number of fused-ring (bicyclic) bond motifs is 1. The first-order valence-corrected chi connectivity index (χ1v) is 8.00. The average molecular weight is 351 g/mol. The van der Waals surface area contributed by atoms with E-state index in [4.69, 9.17) is 16.3 Å². The SMILES string of the molecule is CC[C@H](C)[C@H](NC(=O)COc1ccc(Cl)c2cccnc12)C(=O)O. The Labute approximate surface area is 144 Å². The third-order valence-electron chi connectivity index (χ3n) is 3.83. The summed E-state index contributed by atoms with van der Waals surface area (Å²) in [6.07, 6.45) is 2.25. The molecule has 0 aliphatic rings. The summed E-state index contributed by atoms with van der Waals surface area (Å²) in [5.74, 6) is -1.32. The number of ether oxygens (including phenoxy) is 1. The predicted molar refractivity (Wildman–Crippen MR) is 91.3 cm³/mol. The van der Waals surface area contributed by atoms with E-state index < -0.39 is 17.9 Å². The van der Waals surface area contributed by atoms with E-state index in [0.717, 1.165) is 5.39 Å². The standard InChI is InChI=1S/C17H19ClN2O4/c1-3-10(2)15(17(22)23)20-14(21)9-24-13-7-6-12(18)11-5-4-8-19-16(11)13/h4-8,10,15H,3,9H2,1-2H3,(H,20,21)(H,22,23)/t10-,15-/m0/s1.